The summed E-state index contributed by atoms with van der Waals surface area (Å²) in [4.78, 5) is 2.01. The van der Waals surface area contributed by atoms with E-state index in [1.807, 2.05) is 19.0 Å². The predicted molar refractivity (Wildman–Crippen MR) is 79.0 cm³/mol. The number of hydrogen-bond donors (Lipinski definition) is 0. The molecule has 0 aliphatic carbocycles. The van der Waals surface area contributed by atoms with Gasteiger partial charge in [0.05, 0.1) is 6.10 Å². The van der Waals surface area contributed by atoms with Gasteiger partial charge in [0, 0.05) is 32.5 Å². The van der Waals surface area contributed by atoms with Crippen molar-refractivity contribution in [2.45, 2.75) is 50.4 Å². The van der Waals surface area contributed by atoms with Gasteiger partial charge >= 0.3 is 0 Å². The second-order valence-corrected chi connectivity index (χ2v) is 6.43. The molecule has 0 aromatic carbocycles. The fourth-order valence-electron chi connectivity index (χ4n) is 2.23. The van der Waals surface area contributed by atoms with E-state index in [1.165, 1.54) is 19.3 Å². The highest BCUT2D eigenvalue weighted by Crippen LogP contribution is 2.27. The molecular formula is C13H24N4OS. The predicted octanol–water partition coefficient (Wildman–Crippen LogP) is 2.59. The Kier molecular flexibility index (Phi) is 5.10. The summed E-state index contributed by atoms with van der Waals surface area (Å²) >= 11 is 1.76. The molecule has 0 saturated carbocycles. The third-order valence-electron chi connectivity index (χ3n) is 3.24. The number of anilines is 1. The van der Waals surface area contributed by atoms with Crippen molar-refractivity contribution in [2.75, 3.05) is 31.4 Å². The molecule has 1 unspecified atom stereocenters. The molecule has 1 atom stereocenters. The Hall–Kier alpha value is -0.750. The summed E-state index contributed by atoms with van der Waals surface area (Å²) in [7, 11) is 4.00. The highest BCUT2D eigenvalue weighted by molar-refractivity contribution is 7.99. The first-order valence-corrected chi connectivity index (χ1v) is 7.94. The summed E-state index contributed by atoms with van der Waals surface area (Å²) in [6, 6.07) is 0.363. The van der Waals surface area contributed by atoms with Gasteiger partial charge in [-0.25, -0.2) is 0 Å². The minimum absolute atomic E-state index is 0.363. The molecule has 2 heterocycles. The molecule has 2 rings (SSSR count). The zero-order valence-corrected chi connectivity index (χ0v) is 13.1. The lowest BCUT2D eigenvalue weighted by Gasteiger charge is -2.22. The monoisotopic (exact) mass is 284 g/mol. The van der Waals surface area contributed by atoms with Gasteiger partial charge in [-0.15, -0.1) is 10.2 Å². The SMILES string of the molecule is CC(C)n1c(SCC2CCCCO2)nnc1N(C)C. The van der Waals surface area contributed by atoms with Crippen LogP contribution in [0.1, 0.15) is 39.2 Å². The van der Waals surface area contributed by atoms with Crippen LogP contribution in [0.15, 0.2) is 5.16 Å². The number of thioether (sulfide) groups is 1. The fourth-order valence-corrected chi connectivity index (χ4v) is 3.36. The molecule has 5 nitrogen and oxygen atoms in total. The molecule has 0 radical (unpaired) electrons. The molecular weight excluding hydrogens is 260 g/mol. The lowest BCUT2D eigenvalue weighted by Crippen LogP contribution is -2.22. The van der Waals surface area contributed by atoms with Gasteiger partial charge in [0.2, 0.25) is 5.95 Å². The van der Waals surface area contributed by atoms with Crippen molar-refractivity contribution >= 4 is 17.7 Å². The Morgan fingerprint density at radius 2 is 2.16 bits per heavy atom. The maximum Gasteiger partial charge on any atom is 0.227 e. The van der Waals surface area contributed by atoms with Crippen molar-refractivity contribution in [1.82, 2.24) is 14.8 Å². The van der Waals surface area contributed by atoms with Crippen molar-refractivity contribution < 1.29 is 4.74 Å². The van der Waals surface area contributed by atoms with Crippen LogP contribution < -0.4 is 4.90 Å². The van der Waals surface area contributed by atoms with Crippen LogP contribution in [0.4, 0.5) is 5.95 Å². The van der Waals surface area contributed by atoms with Gasteiger partial charge in [0.15, 0.2) is 5.16 Å². The van der Waals surface area contributed by atoms with Crippen LogP contribution in [0.5, 0.6) is 0 Å². The molecule has 0 bridgehead atoms. The molecule has 108 valence electrons. The van der Waals surface area contributed by atoms with Crippen molar-refractivity contribution in [2.24, 2.45) is 0 Å². The Balaban J connectivity index is 2.03. The Bertz CT molecular complexity index is 399. The summed E-state index contributed by atoms with van der Waals surface area (Å²) in [5.41, 5.74) is 0. The molecule has 1 fully saturated rings. The van der Waals surface area contributed by atoms with Gasteiger partial charge in [-0.2, -0.15) is 0 Å². The van der Waals surface area contributed by atoms with E-state index in [1.54, 1.807) is 11.8 Å². The highest BCUT2D eigenvalue weighted by Gasteiger charge is 2.19. The molecule has 0 spiro atoms. The number of rotatable bonds is 5. The van der Waals surface area contributed by atoms with Gasteiger partial charge in [0.25, 0.3) is 0 Å². The first kappa shape index (κ1) is 14.7. The minimum Gasteiger partial charge on any atom is -0.377 e. The second-order valence-electron chi connectivity index (χ2n) is 5.44. The van der Waals surface area contributed by atoms with Crippen LogP contribution in [-0.2, 0) is 4.74 Å². The Morgan fingerprint density at radius 1 is 1.37 bits per heavy atom. The molecule has 1 aromatic heterocycles. The second kappa shape index (κ2) is 6.61. The summed E-state index contributed by atoms with van der Waals surface area (Å²) < 4.78 is 7.95. The zero-order chi connectivity index (χ0) is 13.8. The maximum atomic E-state index is 5.77. The van der Waals surface area contributed by atoms with Crippen molar-refractivity contribution in [3.05, 3.63) is 0 Å². The van der Waals surface area contributed by atoms with Gasteiger partial charge < -0.3 is 9.64 Å². The normalized spacial score (nSPS) is 19.9. The van der Waals surface area contributed by atoms with E-state index < -0.39 is 0 Å². The first-order valence-electron chi connectivity index (χ1n) is 6.96. The molecule has 1 aliphatic heterocycles. The summed E-state index contributed by atoms with van der Waals surface area (Å²) in [6.45, 7) is 5.24. The largest absolute Gasteiger partial charge is 0.377 e. The van der Waals surface area contributed by atoms with E-state index in [0.717, 1.165) is 23.5 Å². The van der Waals surface area contributed by atoms with Crippen molar-refractivity contribution in [3.63, 3.8) is 0 Å². The van der Waals surface area contributed by atoms with E-state index >= 15 is 0 Å². The van der Waals surface area contributed by atoms with E-state index in [4.69, 9.17) is 4.74 Å². The van der Waals surface area contributed by atoms with E-state index in [-0.39, 0.29) is 0 Å². The van der Waals surface area contributed by atoms with Crippen molar-refractivity contribution in [3.8, 4) is 0 Å². The topological polar surface area (TPSA) is 43.2 Å². The summed E-state index contributed by atoms with van der Waals surface area (Å²) in [5.74, 6) is 1.89. The molecule has 1 saturated heterocycles. The third kappa shape index (κ3) is 3.63. The summed E-state index contributed by atoms with van der Waals surface area (Å²) in [6.07, 6.45) is 4.03. The first-order chi connectivity index (χ1) is 9.09. The number of nitrogens with zero attached hydrogens (tertiary/aromatic N) is 4. The van der Waals surface area contributed by atoms with Crippen LogP contribution in [0.25, 0.3) is 0 Å². The van der Waals surface area contributed by atoms with Crippen LogP contribution in [0, 0.1) is 0 Å². The molecule has 6 heteroatoms. The Morgan fingerprint density at radius 3 is 2.74 bits per heavy atom. The van der Waals surface area contributed by atoms with Crippen LogP contribution in [0.3, 0.4) is 0 Å². The lowest BCUT2D eigenvalue weighted by molar-refractivity contribution is 0.0315. The lowest BCUT2D eigenvalue weighted by atomic mass is 10.1. The molecule has 19 heavy (non-hydrogen) atoms. The van der Waals surface area contributed by atoms with Crippen LogP contribution in [0.2, 0.25) is 0 Å². The molecule has 1 aromatic rings. The standard InChI is InChI=1S/C13H24N4OS/c1-10(2)17-12(16(3)4)14-15-13(17)19-9-11-7-5-6-8-18-11/h10-11H,5-9H2,1-4H3. The van der Waals surface area contributed by atoms with E-state index in [0.29, 0.717) is 12.1 Å². The molecule has 0 amide bonds. The van der Waals surface area contributed by atoms with E-state index in [2.05, 4.69) is 28.6 Å². The number of aromatic nitrogens is 3. The fraction of sp³-hybridized carbons (Fsp3) is 0.846. The number of hydrogen-bond acceptors (Lipinski definition) is 5. The zero-order valence-electron chi connectivity index (χ0n) is 12.3. The molecule has 0 N–H and O–H groups in total. The average molecular weight is 284 g/mol. The third-order valence-corrected chi connectivity index (χ3v) is 4.31. The molecule has 1 aliphatic rings. The van der Waals surface area contributed by atoms with Crippen LogP contribution in [-0.4, -0.2) is 47.3 Å². The smallest absolute Gasteiger partial charge is 0.227 e. The van der Waals surface area contributed by atoms with Crippen LogP contribution >= 0.6 is 11.8 Å². The Labute approximate surface area is 119 Å². The van der Waals surface area contributed by atoms with Crippen molar-refractivity contribution in [1.29, 1.82) is 0 Å². The van der Waals surface area contributed by atoms with Gasteiger partial charge in [0.1, 0.15) is 0 Å². The average Bonchev–Trinajstić information content (AvgIpc) is 2.81. The maximum absolute atomic E-state index is 5.77. The minimum atomic E-state index is 0.363. The van der Waals surface area contributed by atoms with E-state index in [9.17, 15) is 0 Å². The quantitative estimate of drug-likeness (QED) is 0.778. The number of ether oxygens (including phenoxy) is 1. The van der Waals surface area contributed by atoms with Gasteiger partial charge in [-0.05, 0) is 33.1 Å². The summed E-state index contributed by atoms with van der Waals surface area (Å²) in [5, 5.41) is 9.59. The van der Waals surface area contributed by atoms with Gasteiger partial charge in [-0.1, -0.05) is 11.8 Å². The highest BCUT2D eigenvalue weighted by atomic mass is 32.2. The van der Waals surface area contributed by atoms with Gasteiger partial charge in [-0.3, -0.25) is 4.57 Å².